The summed E-state index contributed by atoms with van der Waals surface area (Å²) in [6.45, 7) is 5.75. The maximum Gasteiger partial charge on any atom is 0.213 e. The van der Waals surface area contributed by atoms with Gasteiger partial charge in [0.05, 0.1) is 0 Å². The van der Waals surface area contributed by atoms with Crippen molar-refractivity contribution in [2.45, 2.75) is 32.3 Å². The molecule has 2 fully saturated rings. The third-order valence-corrected chi connectivity index (χ3v) is 5.19. The van der Waals surface area contributed by atoms with E-state index in [0.29, 0.717) is 12.0 Å². The second-order valence-corrected chi connectivity index (χ2v) is 6.90. The molecule has 23 heavy (non-hydrogen) atoms. The van der Waals surface area contributed by atoms with E-state index in [1.165, 1.54) is 43.6 Å². The van der Waals surface area contributed by atoms with Gasteiger partial charge in [-0.3, -0.25) is 0 Å². The number of piperidine rings is 2. The summed E-state index contributed by atoms with van der Waals surface area (Å²) in [4.78, 5) is 7.11. The van der Waals surface area contributed by atoms with Gasteiger partial charge in [0.2, 0.25) is 5.88 Å². The van der Waals surface area contributed by atoms with E-state index < -0.39 is 0 Å². The molecule has 1 aromatic carbocycles. The molecule has 0 spiro atoms. The first-order chi connectivity index (χ1) is 11.3. The van der Waals surface area contributed by atoms with Gasteiger partial charge in [-0.25, -0.2) is 4.98 Å². The molecule has 0 amide bonds. The van der Waals surface area contributed by atoms with Crippen LogP contribution < -0.4 is 4.74 Å². The van der Waals surface area contributed by atoms with Crippen LogP contribution in [0.4, 0.5) is 0 Å². The maximum absolute atomic E-state index is 6.21. The van der Waals surface area contributed by atoms with Gasteiger partial charge in [-0.05, 0) is 44.4 Å². The molecule has 0 N–H and O–H groups in total. The number of hydrogen-bond donors (Lipinski definition) is 0. The monoisotopic (exact) mass is 308 g/mol. The Balaban J connectivity index is 1.45. The van der Waals surface area contributed by atoms with Crippen LogP contribution in [0.5, 0.6) is 5.88 Å². The number of pyridine rings is 1. The number of aromatic nitrogens is 1. The summed E-state index contributed by atoms with van der Waals surface area (Å²) in [6, 6.07) is 12.7. The van der Waals surface area contributed by atoms with Crippen molar-refractivity contribution in [2.24, 2.45) is 5.92 Å². The van der Waals surface area contributed by atoms with E-state index in [2.05, 4.69) is 47.1 Å². The fourth-order valence-electron chi connectivity index (χ4n) is 3.82. The Kier molecular flexibility index (Phi) is 4.04. The lowest BCUT2D eigenvalue weighted by Gasteiger charge is -2.42. The van der Waals surface area contributed by atoms with Crippen molar-refractivity contribution in [1.82, 2.24) is 9.88 Å². The van der Waals surface area contributed by atoms with Crippen LogP contribution in [0.2, 0.25) is 0 Å². The van der Waals surface area contributed by atoms with Crippen molar-refractivity contribution in [2.75, 3.05) is 19.6 Å². The minimum absolute atomic E-state index is 0.337. The van der Waals surface area contributed by atoms with Gasteiger partial charge >= 0.3 is 0 Å². The number of nitrogens with zero attached hydrogens (tertiary/aromatic N) is 2. The average Bonchev–Trinajstić information content (AvgIpc) is 2.59. The highest BCUT2D eigenvalue weighted by atomic mass is 16.5. The van der Waals surface area contributed by atoms with Crippen LogP contribution >= 0.6 is 0 Å². The van der Waals surface area contributed by atoms with Gasteiger partial charge in [-0.15, -0.1) is 0 Å². The summed E-state index contributed by atoms with van der Waals surface area (Å²) in [5.74, 6) is 1.45. The molecule has 3 nitrogen and oxygen atoms in total. The molecule has 3 unspecified atom stereocenters. The van der Waals surface area contributed by atoms with Crippen molar-refractivity contribution < 1.29 is 4.74 Å². The summed E-state index contributed by atoms with van der Waals surface area (Å²) < 4.78 is 6.21. The molecule has 2 aliphatic heterocycles. The highest BCUT2D eigenvalue weighted by molar-refractivity contribution is 5.62. The van der Waals surface area contributed by atoms with Crippen LogP contribution in [0.3, 0.4) is 0 Å². The van der Waals surface area contributed by atoms with Gasteiger partial charge < -0.3 is 9.64 Å². The molecule has 0 aliphatic carbocycles. The summed E-state index contributed by atoms with van der Waals surface area (Å²) >= 11 is 0. The largest absolute Gasteiger partial charge is 0.474 e. The Morgan fingerprint density at radius 3 is 2.61 bits per heavy atom. The molecule has 2 aromatic rings. The van der Waals surface area contributed by atoms with Crippen molar-refractivity contribution in [1.29, 1.82) is 0 Å². The Morgan fingerprint density at radius 2 is 1.83 bits per heavy atom. The number of fused-ring (bicyclic) bond motifs is 2. The minimum Gasteiger partial charge on any atom is -0.474 e. The van der Waals surface area contributed by atoms with Gasteiger partial charge in [-0.2, -0.15) is 0 Å². The van der Waals surface area contributed by atoms with Crippen LogP contribution in [0, 0.1) is 12.8 Å². The molecule has 3 heteroatoms. The van der Waals surface area contributed by atoms with Gasteiger partial charge in [0, 0.05) is 36.8 Å². The number of benzene rings is 1. The Hall–Kier alpha value is -1.87. The molecule has 2 saturated heterocycles. The van der Waals surface area contributed by atoms with E-state index in [1.807, 2.05) is 12.3 Å². The molecule has 2 aliphatic rings. The van der Waals surface area contributed by atoms with Crippen molar-refractivity contribution >= 4 is 0 Å². The number of hydrogen-bond acceptors (Lipinski definition) is 3. The maximum atomic E-state index is 6.21. The van der Waals surface area contributed by atoms with Gasteiger partial charge in [0.25, 0.3) is 0 Å². The quantitative estimate of drug-likeness (QED) is 0.859. The highest BCUT2D eigenvalue weighted by Crippen LogP contribution is 2.30. The Morgan fingerprint density at radius 1 is 1.00 bits per heavy atom. The summed E-state index contributed by atoms with van der Waals surface area (Å²) in [7, 11) is 0. The fraction of sp³-hybridized carbons (Fsp3) is 0.450. The van der Waals surface area contributed by atoms with E-state index >= 15 is 0 Å². The van der Waals surface area contributed by atoms with Gasteiger partial charge in [0.1, 0.15) is 6.10 Å². The average molecular weight is 308 g/mol. The third kappa shape index (κ3) is 3.25. The normalized spacial score (nSPS) is 26.7. The predicted molar refractivity (Wildman–Crippen MR) is 92.6 cm³/mol. The second-order valence-electron chi connectivity index (χ2n) is 6.90. The summed E-state index contributed by atoms with van der Waals surface area (Å²) in [5.41, 5.74) is 3.63. The van der Waals surface area contributed by atoms with Crippen molar-refractivity contribution in [3.63, 3.8) is 0 Å². The predicted octanol–water partition coefficient (Wildman–Crippen LogP) is 3.92. The first kappa shape index (κ1) is 14.7. The standard InChI is InChI=1S/C20H24N2O/c1-15-4-6-16(7-5-15)17-8-9-20(21-13-17)23-19-10-12-22-11-2-3-18(19)14-22/h4-9,13,18-19H,2-3,10-12,14H2,1H3. The summed E-state index contributed by atoms with van der Waals surface area (Å²) in [6.07, 6.45) is 6.00. The first-order valence-corrected chi connectivity index (χ1v) is 8.70. The lowest BCUT2D eigenvalue weighted by molar-refractivity contribution is 0.0128. The molecular weight excluding hydrogens is 284 g/mol. The van der Waals surface area contributed by atoms with Crippen molar-refractivity contribution in [3.05, 3.63) is 48.2 Å². The van der Waals surface area contributed by atoms with E-state index in [-0.39, 0.29) is 0 Å². The van der Waals surface area contributed by atoms with E-state index in [1.54, 1.807) is 0 Å². The van der Waals surface area contributed by atoms with E-state index in [0.717, 1.165) is 17.9 Å². The van der Waals surface area contributed by atoms with Crippen LogP contribution in [-0.4, -0.2) is 35.6 Å². The molecule has 0 radical (unpaired) electrons. The molecule has 0 saturated carbocycles. The topological polar surface area (TPSA) is 25.4 Å². The molecule has 2 bridgehead atoms. The zero-order valence-corrected chi connectivity index (χ0v) is 13.7. The molecule has 3 atom stereocenters. The van der Waals surface area contributed by atoms with Crippen LogP contribution in [0.1, 0.15) is 24.8 Å². The SMILES string of the molecule is Cc1ccc(-c2ccc(OC3CCN4CCCC3C4)nc2)cc1. The van der Waals surface area contributed by atoms with E-state index in [4.69, 9.17) is 4.74 Å². The van der Waals surface area contributed by atoms with Gasteiger partial charge in [-0.1, -0.05) is 29.8 Å². The minimum atomic E-state index is 0.337. The molecule has 120 valence electrons. The molecule has 1 aromatic heterocycles. The van der Waals surface area contributed by atoms with E-state index in [9.17, 15) is 0 Å². The number of ether oxygens (including phenoxy) is 1. The third-order valence-electron chi connectivity index (χ3n) is 5.19. The lowest BCUT2D eigenvalue weighted by Crippen LogP contribution is -2.49. The zero-order chi connectivity index (χ0) is 15.6. The molecule has 4 rings (SSSR count). The summed E-state index contributed by atoms with van der Waals surface area (Å²) in [5, 5.41) is 0. The number of rotatable bonds is 3. The zero-order valence-electron chi connectivity index (χ0n) is 13.7. The molecular formula is C20H24N2O. The molecule has 3 heterocycles. The lowest BCUT2D eigenvalue weighted by atomic mass is 9.87. The fourth-order valence-corrected chi connectivity index (χ4v) is 3.82. The first-order valence-electron chi connectivity index (χ1n) is 8.70. The smallest absolute Gasteiger partial charge is 0.213 e. The van der Waals surface area contributed by atoms with Crippen LogP contribution in [0.25, 0.3) is 11.1 Å². The number of aryl methyl sites for hydroxylation is 1. The van der Waals surface area contributed by atoms with Crippen LogP contribution in [0.15, 0.2) is 42.6 Å². The van der Waals surface area contributed by atoms with Crippen molar-refractivity contribution in [3.8, 4) is 17.0 Å². The highest BCUT2D eigenvalue weighted by Gasteiger charge is 2.33. The second kappa shape index (κ2) is 6.32. The Labute approximate surface area is 138 Å². The van der Waals surface area contributed by atoms with Crippen LogP contribution in [-0.2, 0) is 0 Å². The Bertz CT molecular complexity index is 650. The van der Waals surface area contributed by atoms with Gasteiger partial charge in [0.15, 0.2) is 0 Å².